The van der Waals surface area contributed by atoms with Crippen molar-refractivity contribution in [1.29, 1.82) is 0 Å². The minimum atomic E-state index is 0.432. The molecule has 0 saturated carbocycles. The Balaban J connectivity index is 1.77. The number of hydrogen-bond acceptors (Lipinski definition) is 7. The summed E-state index contributed by atoms with van der Waals surface area (Å²) in [7, 11) is 0. The van der Waals surface area contributed by atoms with E-state index in [4.69, 9.17) is 10.5 Å². The van der Waals surface area contributed by atoms with Crippen molar-refractivity contribution in [2.24, 2.45) is 0 Å². The van der Waals surface area contributed by atoms with Gasteiger partial charge in [-0.15, -0.1) is 34.0 Å². The largest absolute Gasteiger partial charge is 0.487 e. The Morgan fingerprint density at radius 3 is 3.00 bits per heavy atom. The lowest BCUT2D eigenvalue weighted by Crippen LogP contribution is -1.96. The zero-order valence-electron chi connectivity index (χ0n) is 11.1. The molecule has 0 aliphatic heterocycles. The van der Waals surface area contributed by atoms with Gasteiger partial charge < -0.3 is 10.5 Å². The van der Waals surface area contributed by atoms with Crippen LogP contribution in [0, 0.1) is 6.92 Å². The van der Waals surface area contributed by atoms with Crippen LogP contribution in [-0.4, -0.2) is 9.97 Å². The number of thiazole rings is 2. The first kappa shape index (κ1) is 13.0. The summed E-state index contributed by atoms with van der Waals surface area (Å²) in [4.78, 5) is 8.85. The number of fused-ring (bicyclic) bond motifs is 3. The Morgan fingerprint density at radius 2 is 2.19 bits per heavy atom. The molecule has 0 bridgehead atoms. The number of aromatic nitrogens is 2. The third-order valence-electron chi connectivity index (χ3n) is 3.11. The normalized spacial score (nSPS) is 11.5. The Labute approximate surface area is 132 Å². The molecule has 3 aromatic heterocycles. The van der Waals surface area contributed by atoms with Gasteiger partial charge in [0.15, 0.2) is 5.13 Å². The van der Waals surface area contributed by atoms with Gasteiger partial charge in [0.25, 0.3) is 0 Å². The van der Waals surface area contributed by atoms with E-state index in [1.54, 1.807) is 22.7 Å². The highest BCUT2D eigenvalue weighted by Gasteiger charge is 2.13. The van der Waals surface area contributed by atoms with Gasteiger partial charge in [0, 0.05) is 16.8 Å². The number of benzene rings is 1. The van der Waals surface area contributed by atoms with E-state index in [-0.39, 0.29) is 0 Å². The number of nitrogens with zero attached hydrogens (tertiary/aromatic N) is 2. The van der Waals surface area contributed by atoms with Crippen molar-refractivity contribution in [1.82, 2.24) is 9.97 Å². The number of thiophene rings is 1. The third kappa shape index (κ3) is 2.27. The predicted molar refractivity (Wildman–Crippen MR) is 90.6 cm³/mol. The van der Waals surface area contributed by atoms with Crippen molar-refractivity contribution in [3.05, 3.63) is 33.6 Å². The Morgan fingerprint density at radius 1 is 1.29 bits per heavy atom. The van der Waals surface area contributed by atoms with Gasteiger partial charge in [0.1, 0.15) is 12.4 Å². The second-order valence-electron chi connectivity index (χ2n) is 4.58. The van der Waals surface area contributed by atoms with Gasteiger partial charge in [-0.25, -0.2) is 9.97 Å². The van der Waals surface area contributed by atoms with Gasteiger partial charge in [-0.1, -0.05) is 0 Å². The van der Waals surface area contributed by atoms with Crippen molar-refractivity contribution in [3.8, 4) is 5.75 Å². The van der Waals surface area contributed by atoms with Crippen molar-refractivity contribution in [2.75, 3.05) is 5.73 Å². The molecule has 7 heteroatoms. The highest BCUT2D eigenvalue weighted by molar-refractivity contribution is 7.21. The molecule has 0 aliphatic rings. The van der Waals surface area contributed by atoms with E-state index in [1.807, 2.05) is 12.3 Å². The fraction of sp³-hybridized carbons (Fsp3) is 0.143. The monoisotopic (exact) mass is 333 g/mol. The fourth-order valence-electron chi connectivity index (χ4n) is 2.25. The molecular formula is C14H11N3OS3. The van der Waals surface area contributed by atoms with Crippen LogP contribution >= 0.6 is 34.0 Å². The van der Waals surface area contributed by atoms with E-state index in [0.29, 0.717) is 11.7 Å². The van der Waals surface area contributed by atoms with E-state index >= 15 is 0 Å². The van der Waals surface area contributed by atoms with Crippen LogP contribution in [0.25, 0.3) is 20.3 Å². The number of nitrogens with two attached hydrogens (primary N) is 1. The molecule has 0 radical (unpaired) electrons. The van der Waals surface area contributed by atoms with Crippen molar-refractivity contribution >= 4 is 59.4 Å². The summed E-state index contributed by atoms with van der Waals surface area (Å²) < 4.78 is 8.32. The molecule has 106 valence electrons. The van der Waals surface area contributed by atoms with Gasteiger partial charge in [-0.05, 0) is 18.4 Å². The first-order valence-corrected chi connectivity index (χ1v) is 8.88. The SMILES string of the molecule is Cc1nc2c(cc(OCc3csc(N)n3)c3ccsc32)s1. The molecule has 0 saturated heterocycles. The van der Waals surface area contributed by atoms with Crippen LogP contribution in [-0.2, 0) is 6.61 Å². The van der Waals surface area contributed by atoms with Crippen molar-refractivity contribution < 1.29 is 4.74 Å². The first-order chi connectivity index (χ1) is 10.2. The lowest BCUT2D eigenvalue weighted by atomic mass is 10.2. The molecule has 0 aliphatic carbocycles. The number of nitrogen functional groups attached to an aromatic ring is 1. The van der Waals surface area contributed by atoms with Crippen LogP contribution < -0.4 is 10.5 Å². The van der Waals surface area contributed by atoms with E-state index in [2.05, 4.69) is 27.5 Å². The van der Waals surface area contributed by atoms with Crippen LogP contribution in [0.3, 0.4) is 0 Å². The average Bonchev–Trinajstić information content (AvgIpc) is 3.14. The van der Waals surface area contributed by atoms with Crippen LogP contribution in [0.1, 0.15) is 10.7 Å². The van der Waals surface area contributed by atoms with Crippen LogP contribution in [0.15, 0.2) is 22.9 Å². The molecular weight excluding hydrogens is 322 g/mol. The average molecular weight is 333 g/mol. The van der Waals surface area contributed by atoms with Crippen LogP contribution in [0.4, 0.5) is 5.13 Å². The minimum absolute atomic E-state index is 0.432. The maximum Gasteiger partial charge on any atom is 0.180 e. The lowest BCUT2D eigenvalue weighted by molar-refractivity contribution is 0.306. The summed E-state index contributed by atoms with van der Waals surface area (Å²) in [6.07, 6.45) is 0. The van der Waals surface area contributed by atoms with Gasteiger partial charge in [0.05, 0.1) is 25.6 Å². The third-order valence-corrected chi connectivity index (χ3v) is 5.67. The number of ether oxygens (including phenoxy) is 1. The van der Waals surface area contributed by atoms with E-state index < -0.39 is 0 Å². The predicted octanol–water partition coefficient (Wildman–Crippen LogP) is 4.44. The molecule has 4 rings (SSSR count). The number of hydrogen-bond donors (Lipinski definition) is 1. The second kappa shape index (κ2) is 4.94. The number of rotatable bonds is 3. The van der Waals surface area contributed by atoms with Gasteiger partial charge in [0.2, 0.25) is 0 Å². The summed E-state index contributed by atoms with van der Waals surface area (Å²) in [5.74, 6) is 0.883. The molecule has 0 spiro atoms. The maximum absolute atomic E-state index is 5.97. The highest BCUT2D eigenvalue weighted by Crippen LogP contribution is 2.39. The summed E-state index contributed by atoms with van der Waals surface area (Å²) in [5.41, 5.74) is 7.58. The first-order valence-electron chi connectivity index (χ1n) is 6.31. The van der Waals surface area contributed by atoms with E-state index in [1.165, 1.54) is 16.0 Å². The lowest BCUT2D eigenvalue weighted by Gasteiger charge is -2.06. The molecule has 21 heavy (non-hydrogen) atoms. The fourth-order valence-corrected chi connectivity index (χ4v) is 4.63. The Hall–Kier alpha value is -1.70. The molecule has 2 N–H and O–H groups in total. The summed E-state index contributed by atoms with van der Waals surface area (Å²) in [6, 6.07) is 4.16. The second-order valence-corrected chi connectivity index (χ2v) is 7.62. The Kier molecular flexibility index (Phi) is 3.06. The summed E-state index contributed by atoms with van der Waals surface area (Å²) >= 11 is 4.82. The van der Waals surface area contributed by atoms with Crippen molar-refractivity contribution in [2.45, 2.75) is 13.5 Å². The standard InChI is InChI=1S/C14H11N3OS3/c1-7-16-12-11(21-7)4-10(9-2-3-19-13(9)12)18-5-8-6-20-14(15)17-8/h2-4,6H,5H2,1H3,(H2,15,17). The quantitative estimate of drug-likeness (QED) is 0.602. The molecule has 1 aromatic carbocycles. The van der Waals surface area contributed by atoms with E-state index in [0.717, 1.165) is 32.1 Å². The zero-order valence-corrected chi connectivity index (χ0v) is 13.6. The summed E-state index contributed by atoms with van der Waals surface area (Å²) in [6.45, 7) is 2.46. The molecule has 3 heterocycles. The molecule has 4 aromatic rings. The topological polar surface area (TPSA) is 61.0 Å². The molecule has 0 amide bonds. The summed E-state index contributed by atoms with van der Waals surface area (Å²) in [5, 5.41) is 6.76. The molecule has 0 atom stereocenters. The minimum Gasteiger partial charge on any atom is -0.487 e. The van der Waals surface area contributed by atoms with Gasteiger partial charge in [-0.2, -0.15) is 0 Å². The van der Waals surface area contributed by atoms with Gasteiger partial charge >= 0.3 is 0 Å². The Bertz CT molecular complexity index is 938. The molecule has 0 fully saturated rings. The van der Waals surface area contributed by atoms with Crippen molar-refractivity contribution in [3.63, 3.8) is 0 Å². The zero-order chi connectivity index (χ0) is 14.4. The smallest absolute Gasteiger partial charge is 0.180 e. The van der Waals surface area contributed by atoms with Gasteiger partial charge in [-0.3, -0.25) is 0 Å². The van der Waals surface area contributed by atoms with E-state index in [9.17, 15) is 0 Å². The number of aryl methyl sites for hydroxylation is 1. The maximum atomic E-state index is 5.97. The highest BCUT2D eigenvalue weighted by atomic mass is 32.1. The van der Waals surface area contributed by atoms with Crippen LogP contribution in [0.2, 0.25) is 0 Å². The molecule has 0 unspecified atom stereocenters. The number of anilines is 1. The molecule has 4 nitrogen and oxygen atoms in total. The van der Waals surface area contributed by atoms with Crippen LogP contribution in [0.5, 0.6) is 5.75 Å².